The number of piperazine rings is 1. The molecule has 1 aliphatic heterocycles. The normalized spacial score (nSPS) is 17.0. The first kappa shape index (κ1) is 16.6. The van der Waals surface area contributed by atoms with E-state index in [9.17, 15) is 9.90 Å². The van der Waals surface area contributed by atoms with Crippen molar-refractivity contribution in [2.24, 2.45) is 0 Å². The number of rotatable bonds is 5. The van der Waals surface area contributed by atoms with Crippen LogP contribution in [-0.4, -0.2) is 74.6 Å². The number of nitrogens with zero attached hydrogens (tertiary/aromatic N) is 5. The SMILES string of the molecule is C[C@H](O)CN1CCN(C(=O)Cc2cnn(-c3ccccc3)n2)CC1. The summed E-state index contributed by atoms with van der Waals surface area (Å²) in [5.74, 6) is 0.0757. The molecule has 7 nitrogen and oxygen atoms in total. The zero-order valence-electron chi connectivity index (χ0n) is 13.9. The number of aliphatic hydroxyl groups excluding tert-OH is 1. The number of carbonyl (C=O) groups excluding carboxylic acids is 1. The molecule has 0 saturated carbocycles. The third-order valence-corrected chi connectivity index (χ3v) is 4.11. The fourth-order valence-corrected chi connectivity index (χ4v) is 2.88. The average molecular weight is 329 g/mol. The Kier molecular flexibility index (Phi) is 5.22. The Morgan fingerprint density at radius 3 is 2.58 bits per heavy atom. The summed E-state index contributed by atoms with van der Waals surface area (Å²) in [7, 11) is 0. The smallest absolute Gasteiger partial charge is 0.228 e. The Balaban J connectivity index is 1.54. The molecule has 3 rings (SSSR count). The zero-order valence-corrected chi connectivity index (χ0v) is 13.9. The predicted molar refractivity (Wildman–Crippen MR) is 89.8 cm³/mol. The first-order valence-corrected chi connectivity index (χ1v) is 8.26. The van der Waals surface area contributed by atoms with E-state index in [1.807, 2.05) is 35.2 Å². The maximum Gasteiger partial charge on any atom is 0.228 e. The van der Waals surface area contributed by atoms with Crippen molar-refractivity contribution in [3.8, 4) is 5.69 Å². The second kappa shape index (κ2) is 7.55. The van der Waals surface area contributed by atoms with E-state index in [1.54, 1.807) is 17.9 Å². The van der Waals surface area contributed by atoms with Gasteiger partial charge in [-0.15, -0.1) is 0 Å². The van der Waals surface area contributed by atoms with Crippen LogP contribution >= 0.6 is 0 Å². The Hall–Kier alpha value is -2.25. The fraction of sp³-hybridized carbons (Fsp3) is 0.471. The molecule has 0 unspecified atom stereocenters. The van der Waals surface area contributed by atoms with Crippen LogP contribution in [0.1, 0.15) is 12.6 Å². The number of β-amino-alcohol motifs (C(OH)–C–C–N with tert-alkyl or cyclic N) is 1. The third kappa shape index (κ3) is 4.18. The first-order valence-electron chi connectivity index (χ1n) is 8.26. The van der Waals surface area contributed by atoms with Crippen LogP contribution < -0.4 is 0 Å². The maximum atomic E-state index is 12.4. The molecular formula is C17H23N5O2. The van der Waals surface area contributed by atoms with E-state index in [-0.39, 0.29) is 18.4 Å². The van der Waals surface area contributed by atoms with E-state index >= 15 is 0 Å². The second-order valence-corrected chi connectivity index (χ2v) is 6.17. The monoisotopic (exact) mass is 329 g/mol. The number of aromatic nitrogens is 3. The number of amides is 1. The molecule has 24 heavy (non-hydrogen) atoms. The van der Waals surface area contributed by atoms with E-state index in [2.05, 4.69) is 15.1 Å². The minimum absolute atomic E-state index is 0.0757. The van der Waals surface area contributed by atoms with E-state index in [1.165, 1.54) is 0 Å². The lowest BCUT2D eigenvalue weighted by Gasteiger charge is -2.35. The van der Waals surface area contributed by atoms with E-state index in [0.29, 0.717) is 25.3 Å². The summed E-state index contributed by atoms with van der Waals surface area (Å²) in [6.45, 7) is 5.43. The van der Waals surface area contributed by atoms with E-state index < -0.39 is 0 Å². The van der Waals surface area contributed by atoms with Crippen molar-refractivity contribution in [2.75, 3.05) is 32.7 Å². The Bertz CT molecular complexity index is 663. The van der Waals surface area contributed by atoms with Crippen LogP contribution in [-0.2, 0) is 11.2 Å². The van der Waals surface area contributed by atoms with Gasteiger partial charge < -0.3 is 10.0 Å². The molecule has 0 aliphatic carbocycles. The molecule has 1 aliphatic rings. The summed E-state index contributed by atoms with van der Waals surface area (Å²) in [5, 5.41) is 18.0. The molecule has 1 amide bonds. The van der Waals surface area contributed by atoms with Crippen molar-refractivity contribution in [2.45, 2.75) is 19.4 Å². The third-order valence-electron chi connectivity index (χ3n) is 4.11. The highest BCUT2D eigenvalue weighted by Gasteiger charge is 2.22. The molecule has 1 saturated heterocycles. The number of hydrogen-bond donors (Lipinski definition) is 1. The molecule has 1 aromatic carbocycles. The average Bonchev–Trinajstić information content (AvgIpc) is 3.04. The largest absolute Gasteiger partial charge is 0.392 e. The van der Waals surface area contributed by atoms with Gasteiger partial charge in [0.15, 0.2) is 0 Å². The van der Waals surface area contributed by atoms with E-state index in [0.717, 1.165) is 18.8 Å². The summed E-state index contributed by atoms with van der Waals surface area (Å²) in [6.07, 6.45) is 1.58. The van der Waals surface area contributed by atoms with Gasteiger partial charge in [-0.25, -0.2) is 0 Å². The van der Waals surface area contributed by atoms with Crippen molar-refractivity contribution < 1.29 is 9.90 Å². The van der Waals surface area contributed by atoms with Crippen molar-refractivity contribution in [3.63, 3.8) is 0 Å². The summed E-state index contributed by atoms with van der Waals surface area (Å²) in [4.78, 5) is 18.0. The van der Waals surface area contributed by atoms with Crippen molar-refractivity contribution in [1.29, 1.82) is 0 Å². The molecule has 2 aromatic rings. The van der Waals surface area contributed by atoms with Gasteiger partial charge in [-0.1, -0.05) is 18.2 Å². The lowest BCUT2D eigenvalue weighted by Crippen LogP contribution is -2.50. The van der Waals surface area contributed by atoms with Crippen LogP contribution in [0.3, 0.4) is 0 Å². The topological polar surface area (TPSA) is 74.5 Å². The molecule has 0 radical (unpaired) electrons. The van der Waals surface area contributed by atoms with Gasteiger partial charge in [0.2, 0.25) is 5.91 Å². The van der Waals surface area contributed by atoms with Gasteiger partial charge in [-0.2, -0.15) is 15.0 Å². The minimum atomic E-state index is -0.333. The molecule has 0 spiro atoms. The molecule has 7 heteroatoms. The fourth-order valence-electron chi connectivity index (χ4n) is 2.88. The first-order chi connectivity index (χ1) is 11.6. The van der Waals surface area contributed by atoms with Gasteiger partial charge >= 0.3 is 0 Å². The van der Waals surface area contributed by atoms with Crippen LogP contribution in [0, 0.1) is 0 Å². The molecule has 1 atom stereocenters. The highest BCUT2D eigenvalue weighted by atomic mass is 16.3. The number of benzene rings is 1. The van der Waals surface area contributed by atoms with Crippen LogP contribution in [0.4, 0.5) is 0 Å². The van der Waals surface area contributed by atoms with Gasteiger partial charge in [0, 0.05) is 32.7 Å². The molecule has 1 N–H and O–H groups in total. The second-order valence-electron chi connectivity index (χ2n) is 6.17. The Morgan fingerprint density at radius 2 is 1.92 bits per heavy atom. The standard InChI is InChI=1S/C17H23N5O2/c1-14(23)13-20-7-9-21(10-8-20)17(24)11-15-12-18-22(19-15)16-5-3-2-4-6-16/h2-6,12,14,23H,7-11,13H2,1H3/t14-/m0/s1. The van der Waals surface area contributed by atoms with Crippen molar-refractivity contribution >= 4 is 5.91 Å². The summed E-state index contributed by atoms with van der Waals surface area (Å²) >= 11 is 0. The molecule has 1 fully saturated rings. The maximum absolute atomic E-state index is 12.4. The van der Waals surface area contributed by atoms with Gasteiger partial charge in [-0.3, -0.25) is 9.69 Å². The number of para-hydroxylation sites is 1. The highest BCUT2D eigenvalue weighted by Crippen LogP contribution is 2.08. The zero-order chi connectivity index (χ0) is 16.9. The molecule has 0 bridgehead atoms. The van der Waals surface area contributed by atoms with Crippen molar-refractivity contribution in [1.82, 2.24) is 24.8 Å². The summed E-state index contributed by atoms with van der Waals surface area (Å²) < 4.78 is 0. The van der Waals surface area contributed by atoms with E-state index in [4.69, 9.17) is 0 Å². The highest BCUT2D eigenvalue weighted by molar-refractivity contribution is 5.78. The lowest BCUT2D eigenvalue weighted by atomic mass is 10.2. The Labute approximate surface area is 141 Å². The van der Waals surface area contributed by atoms with Crippen molar-refractivity contribution in [3.05, 3.63) is 42.2 Å². The summed E-state index contributed by atoms with van der Waals surface area (Å²) in [5.41, 5.74) is 1.55. The van der Waals surface area contributed by atoms with Gasteiger partial charge in [0.25, 0.3) is 0 Å². The number of hydrogen-bond acceptors (Lipinski definition) is 5. The molecule has 128 valence electrons. The number of aliphatic hydroxyl groups is 1. The van der Waals surface area contributed by atoms with Gasteiger partial charge in [0.1, 0.15) is 0 Å². The minimum Gasteiger partial charge on any atom is -0.392 e. The molecule has 1 aromatic heterocycles. The Morgan fingerprint density at radius 1 is 1.21 bits per heavy atom. The van der Waals surface area contributed by atoms with Crippen LogP contribution in [0.15, 0.2) is 36.5 Å². The predicted octanol–water partition coefficient (Wildman–Crippen LogP) is 0.335. The van der Waals surface area contributed by atoms with Crippen LogP contribution in [0.5, 0.6) is 0 Å². The van der Waals surface area contributed by atoms with Gasteiger partial charge in [0.05, 0.1) is 30.1 Å². The summed E-state index contributed by atoms with van der Waals surface area (Å²) in [6, 6.07) is 9.64. The molecule has 2 heterocycles. The molecular weight excluding hydrogens is 306 g/mol. The van der Waals surface area contributed by atoms with Gasteiger partial charge in [-0.05, 0) is 19.1 Å². The quantitative estimate of drug-likeness (QED) is 0.856. The van der Waals surface area contributed by atoms with Crippen LogP contribution in [0.2, 0.25) is 0 Å². The number of carbonyl (C=O) groups is 1. The lowest BCUT2D eigenvalue weighted by molar-refractivity contribution is -0.132. The van der Waals surface area contributed by atoms with Crippen LogP contribution in [0.25, 0.3) is 5.69 Å².